The maximum absolute atomic E-state index is 14.2. The molecule has 3 aliphatic rings. The number of halogens is 1. The number of fused-ring (bicyclic) bond motifs is 4. The van der Waals surface area contributed by atoms with Gasteiger partial charge in [0.05, 0.1) is 17.4 Å². The zero-order chi connectivity index (χ0) is 22.6. The number of aromatic nitrogens is 1. The number of para-hydroxylation sites is 1. The van der Waals surface area contributed by atoms with Crippen molar-refractivity contribution in [2.24, 2.45) is 10.5 Å². The maximum atomic E-state index is 14.2. The van der Waals surface area contributed by atoms with Crippen molar-refractivity contribution in [2.45, 2.75) is 19.4 Å². The summed E-state index contributed by atoms with van der Waals surface area (Å²) in [6.45, 7) is 4.38. The van der Waals surface area contributed by atoms with E-state index in [0.29, 0.717) is 18.0 Å². The van der Waals surface area contributed by atoms with Crippen LogP contribution >= 0.6 is 11.6 Å². The summed E-state index contributed by atoms with van der Waals surface area (Å²) in [6.07, 6.45) is 2.46. The third kappa shape index (κ3) is 3.04. The van der Waals surface area contributed by atoms with E-state index in [1.807, 2.05) is 43.5 Å². The number of hydrogen-bond donors (Lipinski definition) is 0. The second kappa shape index (κ2) is 7.59. The van der Waals surface area contributed by atoms with Gasteiger partial charge in [-0.15, -0.1) is 0 Å². The van der Waals surface area contributed by atoms with Crippen molar-refractivity contribution in [1.82, 2.24) is 4.98 Å². The second-order valence-electron chi connectivity index (χ2n) is 8.90. The summed E-state index contributed by atoms with van der Waals surface area (Å²) in [6, 6.07) is 21.7. The summed E-state index contributed by atoms with van der Waals surface area (Å²) >= 11 is 6.09. The summed E-state index contributed by atoms with van der Waals surface area (Å²) in [5, 5.41) is 7.01. The molecule has 0 unspecified atom stereocenters. The number of carbonyl (C=O) groups is 1. The van der Waals surface area contributed by atoms with E-state index in [9.17, 15) is 4.79 Å². The van der Waals surface area contributed by atoms with Gasteiger partial charge in [-0.3, -0.25) is 4.79 Å². The second-order valence-corrected chi connectivity index (χ2v) is 9.34. The Hall–Kier alpha value is -3.38. The molecule has 1 aromatic heterocycles. The normalized spacial score (nSPS) is 24.1. The van der Waals surface area contributed by atoms with Crippen molar-refractivity contribution in [1.29, 1.82) is 0 Å². The van der Waals surface area contributed by atoms with Crippen LogP contribution in [-0.2, 0) is 11.2 Å². The van der Waals surface area contributed by atoms with Crippen LogP contribution in [0.2, 0.25) is 5.02 Å². The van der Waals surface area contributed by atoms with Crippen LogP contribution < -0.4 is 14.8 Å². The summed E-state index contributed by atoms with van der Waals surface area (Å²) in [5.74, 6) is 0.968. The van der Waals surface area contributed by atoms with Gasteiger partial charge in [0, 0.05) is 36.5 Å². The highest BCUT2D eigenvalue weighted by atomic mass is 35.5. The molecular weight excluding hydrogens is 434 g/mol. The van der Waals surface area contributed by atoms with Gasteiger partial charge in [-0.05, 0) is 61.4 Å². The monoisotopic (exact) mass is 457 g/mol. The predicted octanol–water partition coefficient (Wildman–Crippen LogP) is 4.40. The molecule has 7 heteroatoms. The first-order valence-electron chi connectivity index (χ1n) is 11.2. The molecule has 3 aliphatic heterocycles. The van der Waals surface area contributed by atoms with E-state index in [4.69, 9.17) is 16.7 Å². The Kier molecular flexibility index (Phi) is 4.66. The first-order chi connectivity index (χ1) is 16.1. The van der Waals surface area contributed by atoms with Gasteiger partial charge in [-0.25, -0.2) is 4.98 Å². The van der Waals surface area contributed by atoms with Gasteiger partial charge >= 0.3 is 0 Å². The Morgan fingerprint density at radius 1 is 1.00 bits per heavy atom. The summed E-state index contributed by atoms with van der Waals surface area (Å²) in [7, 11) is 0. The fourth-order valence-corrected chi connectivity index (χ4v) is 5.70. The number of nitrogens with zero attached hydrogens (tertiary/aromatic N) is 5. The van der Waals surface area contributed by atoms with E-state index >= 15 is 0 Å². The first kappa shape index (κ1) is 20.2. The summed E-state index contributed by atoms with van der Waals surface area (Å²) in [4.78, 5) is 23.5. The Balaban J connectivity index is 1.45. The van der Waals surface area contributed by atoms with Gasteiger partial charge in [-0.1, -0.05) is 35.9 Å². The summed E-state index contributed by atoms with van der Waals surface area (Å²) in [5.41, 5.74) is 3.28. The highest BCUT2D eigenvalue weighted by molar-refractivity contribution is 6.30. The SMILES string of the molecule is CC1=NN(c2ccc(Cl)cc2)C(=O)[C@]12Cc1ccccc1N1CCN(c3ccccn3)C[C@@H]12. The molecule has 2 atom stereocenters. The number of rotatable bonds is 2. The molecule has 6 nitrogen and oxygen atoms in total. The minimum atomic E-state index is -0.735. The molecule has 3 aromatic rings. The van der Waals surface area contributed by atoms with Crippen molar-refractivity contribution in [2.75, 3.05) is 34.4 Å². The van der Waals surface area contributed by atoms with Crippen molar-refractivity contribution in [3.05, 3.63) is 83.5 Å². The van der Waals surface area contributed by atoms with Crippen molar-refractivity contribution >= 4 is 40.4 Å². The molecular formula is C26H24ClN5O. The van der Waals surface area contributed by atoms with Crippen LogP contribution in [0.1, 0.15) is 12.5 Å². The number of benzene rings is 2. The van der Waals surface area contributed by atoms with E-state index in [-0.39, 0.29) is 11.9 Å². The van der Waals surface area contributed by atoms with Crippen LogP contribution in [0.25, 0.3) is 0 Å². The van der Waals surface area contributed by atoms with E-state index in [2.05, 4.69) is 39.0 Å². The Morgan fingerprint density at radius 2 is 1.79 bits per heavy atom. The topological polar surface area (TPSA) is 52.0 Å². The third-order valence-electron chi connectivity index (χ3n) is 7.23. The molecule has 0 radical (unpaired) electrons. The molecule has 166 valence electrons. The lowest BCUT2D eigenvalue weighted by Gasteiger charge is -2.53. The van der Waals surface area contributed by atoms with Crippen LogP contribution in [0.5, 0.6) is 0 Å². The number of anilines is 3. The van der Waals surface area contributed by atoms with E-state index in [0.717, 1.165) is 30.3 Å². The predicted molar refractivity (Wildman–Crippen MR) is 132 cm³/mol. The molecule has 0 bridgehead atoms. The Bertz CT molecular complexity index is 1250. The van der Waals surface area contributed by atoms with Gasteiger partial charge in [0.15, 0.2) is 0 Å². The van der Waals surface area contributed by atoms with Gasteiger partial charge in [0.2, 0.25) is 0 Å². The van der Waals surface area contributed by atoms with Crippen LogP contribution in [0.4, 0.5) is 17.2 Å². The van der Waals surface area contributed by atoms with Crippen LogP contribution in [-0.4, -0.2) is 42.3 Å². The highest BCUT2D eigenvalue weighted by Gasteiger charge is 2.60. The lowest BCUT2D eigenvalue weighted by Crippen LogP contribution is -2.67. The first-order valence-corrected chi connectivity index (χ1v) is 11.6. The van der Waals surface area contributed by atoms with E-state index in [1.165, 1.54) is 11.3 Å². The van der Waals surface area contributed by atoms with E-state index < -0.39 is 5.41 Å². The number of amides is 1. The number of piperazine rings is 1. The molecule has 0 N–H and O–H groups in total. The van der Waals surface area contributed by atoms with Gasteiger partial charge < -0.3 is 9.80 Å². The zero-order valence-corrected chi connectivity index (χ0v) is 19.1. The molecule has 0 aliphatic carbocycles. The Morgan fingerprint density at radius 3 is 2.58 bits per heavy atom. The van der Waals surface area contributed by atoms with Crippen LogP contribution in [0.3, 0.4) is 0 Å². The molecule has 4 heterocycles. The molecule has 0 saturated carbocycles. The fraction of sp³-hybridized carbons (Fsp3) is 0.269. The lowest BCUT2D eigenvalue weighted by atomic mass is 9.67. The lowest BCUT2D eigenvalue weighted by molar-refractivity contribution is -0.125. The molecule has 33 heavy (non-hydrogen) atoms. The van der Waals surface area contributed by atoms with Gasteiger partial charge in [-0.2, -0.15) is 10.1 Å². The molecule has 6 rings (SSSR count). The highest BCUT2D eigenvalue weighted by Crippen LogP contribution is 2.48. The molecule has 1 spiro atoms. The van der Waals surface area contributed by atoms with Gasteiger partial charge in [0.25, 0.3) is 5.91 Å². The summed E-state index contributed by atoms with van der Waals surface area (Å²) < 4.78 is 0. The standard InChI is InChI=1S/C26H24ClN5O/c1-18-26(25(33)32(29-18)21-11-9-20(27)10-12-21)16-19-6-2-3-7-22(19)31-15-14-30(17-23(26)31)24-8-4-5-13-28-24/h2-13,23H,14-17H2,1H3/t23-,26-/m1/s1. The fourth-order valence-electron chi connectivity index (χ4n) is 5.57. The molecule has 2 aromatic carbocycles. The number of hydrazone groups is 1. The van der Waals surface area contributed by atoms with Crippen molar-refractivity contribution in [3.63, 3.8) is 0 Å². The van der Waals surface area contributed by atoms with Crippen LogP contribution in [0.15, 0.2) is 78.0 Å². The third-order valence-corrected chi connectivity index (χ3v) is 7.49. The largest absolute Gasteiger partial charge is 0.363 e. The minimum absolute atomic E-state index is 0.0229. The maximum Gasteiger partial charge on any atom is 0.261 e. The smallest absolute Gasteiger partial charge is 0.261 e. The number of carbonyl (C=O) groups excluding carboxylic acids is 1. The number of pyridine rings is 1. The minimum Gasteiger partial charge on any atom is -0.363 e. The average Bonchev–Trinajstić information content (AvgIpc) is 3.10. The molecule has 1 saturated heterocycles. The van der Waals surface area contributed by atoms with Crippen molar-refractivity contribution < 1.29 is 4.79 Å². The zero-order valence-electron chi connectivity index (χ0n) is 18.4. The quantitative estimate of drug-likeness (QED) is 0.572. The average molecular weight is 458 g/mol. The van der Waals surface area contributed by atoms with E-state index in [1.54, 1.807) is 17.1 Å². The van der Waals surface area contributed by atoms with Crippen LogP contribution in [0, 0.1) is 5.41 Å². The van der Waals surface area contributed by atoms with Crippen molar-refractivity contribution in [3.8, 4) is 0 Å². The number of hydrogen-bond acceptors (Lipinski definition) is 5. The molecule has 1 amide bonds. The van der Waals surface area contributed by atoms with Gasteiger partial charge in [0.1, 0.15) is 11.2 Å². The molecule has 1 fully saturated rings. The Labute approximate surface area is 198 Å².